The zero-order valence-corrected chi connectivity index (χ0v) is 13.2. The van der Waals surface area contributed by atoms with E-state index in [0.717, 1.165) is 10.5 Å². The lowest BCUT2D eigenvalue weighted by Crippen LogP contribution is -2.48. The molecule has 2 N–H and O–H groups in total. The number of aryl methyl sites for hydroxylation is 1. The van der Waals surface area contributed by atoms with Crippen LogP contribution in [-0.4, -0.2) is 23.8 Å². The van der Waals surface area contributed by atoms with Gasteiger partial charge in [-0.15, -0.1) is 0 Å². The van der Waals surface area contributed by atoms with Gasteiger partial charge in [-0.1, -0.05) is 35.9 Å². The number of hydrogen-bond acceptors (Lipinski definition) is 4. The van der Waals surface area contributed by atoms with Crippen molar-refractivity contribution < 1.29 is 14.4 Å². The molecule has 1 heterocycles. The first-order valence-electron chi connectivity index (χ1n) is 7.60. The molecule has 3 rings (SSSR count). The number of hydrogen-bond donors (Lipinski definition) is 2. The average Bonchev–Trinajstić information content (AvgIpc) is 2.88. The molecule has 24 heavy (non-hydrogen) atoms. The van der Waals surface area contributed by atoms with Gasteiger partial charge in [-0.3, -0.25) is 19.8 Å². The quantitative estimate of drug-likeness (QED) is 0.661. The summed E-state index contributed by atoms with van der Waals surface area (Å²) in [7, 11) is 0. The minimum absolute atomic E-state index is 0.00177. The lowest BCUT2D eigenvalue weighted by molar-refractivity contribution is -0.121. The fourth-order valence-electron chi connectivity index (χ4n) is 2.52. The zero-order chi connectivity index (χ0) is 17.1. The molecule has 3 amide bonds. The molecule has 0 saturated carbocycles. The molecule has 1 fully saturated rings. The Hall–Kier alpha value is -2.99. The van der Waals surface area contributed by atoms with Crippen molar-refractivity contribution in [3.8, 4) is 0 Å². The summed E-state index contributed by atoms with van der Waals surface area (Å²) in [5.41, 5.74) is 7.19. The second-order valence-electron chi connectivity index (χ2n) is 5.62. The Kier molecular flexibility index (Phi) is 4.39. The van der Waals surface area contributed by atoms with Crippen LogP contribution in [0.15, 0.2) is 54.6 Å². The van der Waals surface area contributed by atoms with Crippen molar-refractivity contribution in [1.82, 2.24) is 10.9 Å². The summed E-state index contributed by atoms with van der Waals surface area (Å²) >= 11 is 0. The highest BCUT2D eigenvalue weighted by molar-refractivity contribution is 6.22. The Morgan fingerprint density at radius 1 is 1.04 bits per heavy atom. The second-order valence-corrected chi connectivity index (χ2v) is 5.62. The minimum Gasteiger partial charge on any atom is -0.287 e. The van der Waals surface area contributed by atoms with Crippen molar-refractivity contribution in [1.29, 1.82) is 0 Å². The first-order valence-corrected chi connectivity index (χ1v) is 7.60. The Balaban J connectivity index is 1.66. The maximum absolute atomic E-state index is 12.4. The van der Waals surface area contributed by atoms with Crippen LogP contribution in [0.25, 0.3) is 0 Å². The normalized spacial score (nSPS) is 17.2. The highest BCUT2D eigenvalue weighted by Gasteiger charge is 2.39. The smallest absolute Gasteiger partial charge is 0.265 e. The van der Waals surface area contributed by atoms with E-state index in [2.05, 4.69) is 10.9 Å². The molecular formula is C18H17N3O3. The number of anilines is 1. The summed E-state index contributed by atoms with van der Waals surface area (Å²) in [6.07, 6.45) is 0.00177. The van der Waals surface area contributed by atoms with Gasteiger partial charge in [-0.2, -0.15) is 0 Å². The van der Waals surface area contributed by atoms with Gasteiger partial charge in [0, 0.05) is 5.56 Å². The minimum atomic E-state index is -0.772. The lowest BCUT2D eigenvalue weighted by Gasteiger charge is -2.16. The fraction of sp³-hybridized carbons (Fsp3) is 0.167. The van der Waals surface area contributed by atoms with E-state index in [1.807, 2.05) is 25.1 Å². The molecule has 122 valence electrons. The largest absolute Gasteiger partial charge is 0.287 e. The van der Waals surface area contributed by atoms with Gasteiger partial charge in [-0.25, -0.2) is 10.3 Å². The van der Waals surface area contributed by atoms with Crippen molar-refractivity contribution in [2.24, 2.45) is 0 Å². The molecule has 1 aliphatic heterocycles. The zero-order valence-electron chi connectivity index (χ0n) is 13.2. The summed E-state index contributed by atoms with van der Waals surface area (Å²) in [6.45, 7) is 1.93. The maximum atomic E-state index is 12.4. The molecule has 0 aliphatic carbocycles. The van der Waals surface area contributed by atoms with Crippen LogP contribution in [0.4, 0.5) is 5.69 Å². The number of benzene rings is 2. The number of nitrogens with one attached hydrogen (secondary N) is 2. The third-order valence-corrected chi connectivity index (χ3v) is 3.83. The van der Waals surface area contributed by atoms with Crippen molar-refractivity contribution in [2.75, 3.05) is 4.90 Å². The van der Waals surface area contributed by atoms with E-state index in [1.165, 1.54) is 0 Å². The molecule has 1 atom stereocenters. The number of imide groups is 1. The van der Waals surface area contributed by atoms with Gasteiger partial charge < -0.3 is 0 Å². The molecule has 0 aromatic heterocycles. The van der Waals surface area contributed by atoms with E-state index < -0.39 is 6.04 Å². The maximum Gasteiger partial charge on any atom is 0.265 e. The molecule has 6 heteroatoms. The molecule has 1 aliphatic rings. The van der Waals surface area contributed by atoms with Crippen molar-refractivity contribution in [3.05, 3.63) is 65.7 Å². The molecule has 1 saturated heterocycles. The third kappa shape index (κ3) is 3.18. The van der Waals surface area contributed by atoms with E-state index >= 15 is 0 Å². The van der Waals surface area contributed by atoms with Crippen molar-refractivity contribution >= 4 is 23.4 Å². The Morgan fingerprint density at radius 3 is 2.38 bits per heavy atom. The van der Waals surface area contributed by atoms with Crippen LogP contribution >= 0.6 is 0 Å². The SMILES string of the molecule is Cc1ccc(N2C(=O)C[C@@H](NNC(=O)c3ccccc3)C2=O)cc1. The van der Waals surface area contributed by atoms with E-state index in [9.17, 15) is 14.4 Å². The Morgan fingerprint density at radius 2 is 1.71 bits per heavy atom. The van der Waals surface area contributed by atoms with Gasteiger partial charge in [-0.05, 0) is 31.2 Å². The molecule has 6 nitrogen and oxygen atoms in total. The van der Waals surface area contributed by atoms with Gasteiger partial charge in [0.15, 0.2) is 0 Å². The van der Waals surface area contributed by atoms with E-state index in [0.29, 0.717) is 11.3 Å². The molecule has 0 spiro atoms. The Labute approximate surface area is 139 Å². The molecular weight excluding hydrogens is 306 g/mol. The van der Waals surface area contributed by atoms with E-state index in [1.54, 1.807) is 36.4 Å². The summed E-state index contributed by atoms with van der Waals surface area (Å²) in [5.74, 6) is -1.03. The first-order chi connectivity index (χ1) is 11.6. The fourth-order valence-corrected chi connectivity index (χ4v) is 2.52. The molecule has 0 bridgehead atoms. The molecule has 2 aromatic rings. The summed E-state index contributed by atoms with van der Waals surface area (Å²) in [6, 6.07) is 15.0. The number of amides is 3. The van der Waals surface area contributed by atoms with E-state index in [-0.39, 0.29) is 24.1 Å². The van der Waals surface area contributed by atoms with Crippen LogP contribution in [-0.2, 0) is 9.59 Å². The lowest BCUT2D eigenvalue weighted by atomic mass is 10.2. The predicted octanol–water partition coefficient (Wildman–Crippen LogP) is 1.56. The number of nitrogens with zero attached hydrogens (tertiary/aromatic N) is 1. The molecule has 0 radical (unpaired) electrons. The van der Waals surface area contributed by atoms with Gasteiger partial charge >= 0.3 is 0 Å². The van der Waals surface area contributed by atoms with Crippen LogP contribution in [0.1, 0.15) is 22.3 Å². The standard InChI is InChI=1S/C18H17N3O3/c1-12-7-9-14(10-8-12)21-16(22)11-15(18(21)24)19-20-17(23)13-5-3-2-4-6-13/h2-10,15,19H,11H2,1H3,(H,20,23)/t15-/m1/s1. The Bertz CT molecular complexity index is 772. The second kappa shape index (κ2) is 6.64. The van der Waals surface area contributed by atoms with Gasteiger partial charge in [0.2, 0.25) is 5.91 Å². The van der Waals surface area contributed by atoms with Crippen molar-refractivity contribution in [2.45, 2.75) is 19.4 Å². The summed E-state index contributed by atoms with van der Waals surface area (Å²) in [4.78, 5) is 37.7. The summed E-state index contributed by atoms with van der Waals surface area (Å²) < 4.78 is 0. The monoisotopic (exact) mass is 323 g/mol. The van der Waals surface area contributed by atoms with Crippen LogP contribution in [0.2, 0.25) is 0 Å². The van der Waals surface area contributed by atoms with Crippen LogP contribution < -0.4 is 15.8 Å². The number of hydrazine groups is 1. The van der Waals surface area contributed by atoms with Crippen molar-refractivity contribution in [3.63, 3.8) is 0 Å². The average molecular weight is 323 g/mol. The van der Waals surface area contributed by atoms with Crippen LogP contribution in [0.3, 0.4) is 0 Å². The predicted molar refractivity (Wildman–Crippen MR) is 89.1 cm³/mol. The number of rotatable bonds is 4. The molecule has 2 aromatic carbocycles. The highest BCUT2D eigenvalue weighted by Crippen LogP contribution is 2.22. The van der Waals surface area contributed by atoms with Crippen LogP contribution in [0, 0.1) is 6.92 Å². The van der Waals surface area contributed by atoms with Gasteiger partial charge in [0.25, 0.3) is 11.8 Å². The summed E-state index contributed by atoms with van der Waals surface area (Å²) in [5, 5.41) is 0. The highest BCUT2D eigenvalue weighted by atomic mass is 16.2. The topological polar surface area (TPSA) is 78.5 Å². The third-order valence-electron chi connectivity index (χ3n) is 3.83. The van der Waals surface area contributed by atoms with E-state index in [4.69, 9.17) is 0 Å². The van der Waals surface area contributed by atoms with Gasteiger partial charge in [0.1, 0.15) is 6.04 Å². The van der Waals surface area contributed by atoms with Gasteiger partial charge in [0.05, 0.1) is 12.1 Å². The molecule has 0 unspecified atom stereocenters. The van der Waals surface area contributed by atoms with Crippen LogP contribution in [0.5, 0.6) is 0 Å². The first kappa shape index (κ1) is 15.9. The number of carbonyl (C=O) groups excluding carboxylic acids is 3. The number of carbonyl (C=O) groups is 3.